The van der Waals surface area contributed by atoms with Crippen molar-refractivity contribution in [3.05, 3.63) is 0 Å². The Kier molecular flexibility index (Phi) is 24.7. The lowest BCUT2D eigenvalue weighted by molar-refractivity contribution is -0.189. The summed E-state index contributed by atoms with van der Waals surface area (Å²) in [5, 5.41) is 0. The van der Waals surface area contributed by atoms with E-state index in [1.165, 1.54) is 89.9 Å². The summed E-state index contributed by atoms with van der Waals surface area (Å²) >= 11 is 0. The molecule has 0 atom stereocenters. The van der Waals surface area contributed by atoms with Crippen LogP contribution < -0.4 is 0 Å². The molecule has 0 rings (SSSR count). The fraction of sp³-hybridized carbons (Fsp3) is 0.931. The van der Waals surface area contributed by atoms with Crippen LogP contribution in [-0.4, -0.2) is 18.2 Å². The van der Waals surface area contributed by atoms with Crippen molar-refractivity contribution in [2.45, 2.75) is 175 Å². The van der Waals surface area contributed by atoms with Gasteiger partial charge < -0.3 is 9.47 Å². The van der Waals surface area contributed by atoms with Crippen LogP contribution in [0, 0.1) is 0 Å². The molecule has 0 aromatic heterocycles. The van der Waals surface area contributed by atoms with Crippen molar-refractivity contribution in [1.82, 2.24) is 0 Å². The van der Waals surface area contributed by atoms with E-state index in [9.17, 15) is 9.59 Å². The summed E-state index contributed by atoms with van der Waals surface area (Å²) in [6, 6.07) is 0. The molecule has 0 unspecified atom stereocenters. The standard InChI is InChI=1S/C29H56O4/c1-4-7-10-12-14-16-18-20-22-24-27(30)32-29(26-9-6-3)33-28(31)25-23-21-19-17-15-13-11-8-5-2/h29H,4-26H2,1-3H3. The third-order valence-electron chi connectivity index (χ3n) is 6.29. The van der Waals surface area contributed by atoms with Gasteiger partial charge in [-0.3, -0.25) is 9.59 Å². The Morgan fingerprint density at radius 3 is 1.09 bits per heavy atom. The van der Waals surface area contributed by atoms with Gasteiger partial charge in [0.25, 0.3) is 0 Å². The monoisotopic (exact) mass is 468 g/mol. The molecule has 0 amide bonds. The Labute approximate surface area is 206 Å². The van der Waals surface area contributed by atoms with Crippen LogP contribution in [0.4, 0.5) is 0 Å². The lowest BCUT2D eigenvalue weighted by Crippen LogP contribution is -2.24. The summed E-state index contributed by atoms with van der Waals surface area (Å²) in [5.41, 5.74) is 0. The van der Waals surface area contributed by atoms with Crippen LogP contribution in [0.5, 0.6) is 0 Å². The van der Waals surface area contributed by atoms with Crippen molar-refractivity contribution in [3.8, 4) is 0 Å². The number of carbonyl (C=O) groups excluding carboxylic acids is 2. The molecule has 4 heteroatoms. The van der Waals surface area contributed by atoms with Gasteiger partial charge in [0.2, 0.25) is 6.29 Å². The molecule has 0 saturated carbocycles. The molecule has 0 aliphatic carbocycles. The maximum atomic E-state index is 12.2. The molecule has 0 bridgehead atoms. The minimum absolute atomic E-state index is 0.227. The average Bonchev–Trinajstić information content (AvgIpc) is 2.80. The van der Waals surface area contributed by atoms with E-state index < -0.39 is 6.29 Å². The van der Waals surface area contributed by atoms with Gasteiger partial charge in [0, 0.05) is 19.3 Å². The molecule has 4 nitrogen and oxygen atoms in total. The Morgan fingerprint density at radius 2 is 0.758 bits per heavy atom. The van der Waals surface area contributed by atoms with Gasteiger partial charge >= 0.3 is 11.9 Å². The molecule has 0 aromatic rings. The molecular formula is C29H56O4. The predicted octanol–water partition coefficient (Wildman–Crippen LogP) is 9.43. The zero-order valence-electron chi connectivity index (χ0n) is 22.5. The van der Waals surface area contributed by atoms with Crippen molar-refractivity contribution in [2.24, 2.45) is 0 Å². The molecule has 196 valence electrons. The van der Waals surface area contributed by atoms with Gasteiger partial charge in [-0.2, -0.15) is 0 Å². The number of esters is 2. The Hall–Kier alpha value is -1.06. The maximum absolute atomic E-state index is 12.2. The van der Waals surface area contributed by atoms with Gasteiger partial charge in [-0.05, 0) is 19.3 Å². The number of ether oxygens (including phenoxy) is 2. The van der Waals surface area contributed by atoms with E-state index in [4.69, 9.17) is 9.47 Å². The Bertz CT molecular complexity index is 399. The summed E-state index contributed by atoms with van der Waals surface area (Å²) in [5.74, 6) is -0.454. The quantitative estimate of drug-likeness (QED) is 0.0760. The van der Waals surface area contributed by atoms with Crippen molar-refractivity contribution in [2.75, 3.05) is 0 Å². The summed E-state index contributed by atoms with van der Waals surface area (Å²) in [6.07, 6.45) is 24.6. The van der Waals surface area contributed by atoms with Gasteiger partial charge in [-0.15, -0.1) is 0 Å². The zero-order chi connectivity index (χ0) is 24.4. The highest BCUT2D eigenvalue weighted by Crippen LogP contribution is 2.15. The van der Waals surface area contributed by atoms with Gasteiger partial charge in [0.15, 0.2) is 0 Å². The Morgan fingerprint density at radius 1 is 0.455 bits per heavy atom. The van der Waals surface area contributed by atoms with Crippen LogP contribution in [0.25, 0.3) is 0 Å². The first-order chi connectivity index (χ1) is 16.1. The van der Waals surface area contributed by atoms with Crippen LogP contribution in [-0.2, 0) is 19.1 Å². The molecule has 0 aliphatic heterocycles. The van der Waals surface area contributed by atoms with E-state index in [-0.39, 0.29) is 11.9 Å². The zero-order valence-corrected chi connectivity index (χ0v) is 22.5. The van der Waals surface area contributed by atoms with E-state index >= 15 is 0 Å². The van der Waals surface area contributed by atoms with E-state index in [1.807, 2.05) is 0 Å². The fourth-order valence-electron chi connectivity index (χ4n) is 4.08. The van der Waals surface area contributed by atoms with E-state index in [0.29, 0.717) is 19.3 Å². The molecule has 0 fully saturated rings. The van der Waals surface area contributed by atoms with E-state index in [2.05, 4.69) is 20.8 Å². The van der Waals surface area contributed by atoms with Gasteiger partial charge in [0.1, 0.15) is 0 Å². The average molecular weight is 469 g/mol. The number of hydrogen-bond donors (Lipinski definition) is 0. The minimum Gasteiger partial charge on any atom is -0.425 e. The van der Waals surface area contributed by atoms with Gasteiger partial charge in [-0.25, -0.2) is 0 Å². The second kappa shape index (κ2) is 25.6. The predicted molar refractivity (Wildman–Crippen MR) is 139 cm³/mol. The van der Waals surface area contributed by atoms with Crippen LogP contribution in [0.15, 0.2) is 0 Å². The van der Waals surface area contributed by atoms with E-state index in [1.54, 1.807) is 0 Å². The molecule has 0 aliphatic rings. The first kappa shape index (κ1) is 31.9. The number of rotatable bonds is 25. The summed E-state index contributed by atoms with van der Waals surface area (Å²) in [7, 11) is 0. The smallest absolute Gasteiger partial charge is 0.308 e. The van der Waals surface area contributed by atoms with Gasteiger partial charge in [-0.1, -0.05) is 130 Å². The number of carbonyl (C=O) groups is 2. The van der Waals surface area contributed by atoms with Crippen LogP contribution in [0.3, 0.4) is 0 Å². The molecular weight excluding hydrogens is 412 g/mol. The summed E-state index contributed by atoms with van der Waals surface area (Å²) in [6.45, 7) is 6.57. The second-order valence-electron chi connectivity index (χ2n) is 9.71. The summed E-state index contributed by atoms with van der Waals surface area (Å²) in [4.78, 5) is 24.4. The lowest BCUT2D eigenvalue weighted by Gasteiger charge is -2.18. The Balaban J connectivity index is 3.87. The number of unbranched alkanes of at least 4 members (excludes halogenated alkanes) is 17. The fourth-order valence-corrected chi connectivity index (χ4v) is 4.08. The third kappa shape index (κ3) is 23.9. The molecule has 0 heterocycles. The number of hydrogen-bond acceptors (Lipinski definition) is 4. The van der Waals surface area contributed by atoms with Gasteiger partial charge in [0.05, 0.1) is 0 Å². The van der Waals surface area contributed by atoms with E-state index in [0.717, 1.165) is 38.5 Å². The van der Waals surface area contributed by atoms with Crippen LogP contribution in [0.1, 0.15) is 168 Å². The highest BCUT2D eigenvalue weighted by atomic mass is 16.7. The molecule has 0 spiro atoms. The molecule has 0 aromatic carbocycles. The molecule has 33 heavy (non-hydrogen) atoms. The highest BCUT2D eigenvalue weighted by Gasteiger charge is 2.18. The maximum Gasteiger partial charge on any atom is 0.308 e. The van der Waals surface area contributed by atoms with Crippen LogP contribution >= 0.6 is 0 Å². The van der Waals surface area contributed by atoms with Crippen molar-refractivity contribution in [1.29, 1.82) is 0 Å². The second-order valence-corrected chi connectivity index (χ2v) is 9.71. The van der Waals surface area contributed by atoms with Crippen molar-refractivity contribution < 1.29 is 19.1 Å². The topological polar surface area (TPSA) is 52.6 Å². The minimum atomic E-state index is -0.706. The lowest BCUT2D eigenvalue weighted by atomic mass is 10.1. The molecule has 0 N–H and O–H groups in total. The van der Waals surface area contributed by atoms with Crippen molar-refractivity contribution in [3.63, 3.8) is 0 Å². The largest absolute Gasteiger partial charge is 0.425 e. The molecule has 0 radical (unpaired) electrons. The first-order valence-electron chi connectivity index (χ1n) is 14.5. The normalized spacial score (nSPS) is 11.2. The van der Waals surface area contributed by atoms with Crippen molar-refractivity contribution >= 4 is 11.9 Å². The van der Waals surface area contributed by atoms with Crippen LogP contribution in [0.2, 0.25) is 0 Å². The SMILES string of the molecule is CCCCCCCCCCCC(=O)OC(CCCC)OC(=O)CCCCCCCCCCC. The first-order valence-corrected chi connectivity index (χ1v) is 14.5. The third-order valence-corrected chi connectivity index (χ3v) is 6.29. The summed E-state index contributed by atoms with van der Waals surface area (Å²) < 4.78 is 11.0. The highest BCUT2D eigenvalue weighted by molar-refractivity contribution is 5.71. The molecule has 0 saturated heterocycles.